The number of hydrogen-bond acceptors (Lipinski definition) is 7. The number of thiazole rings is 1. The second kappa shape index (κ2) is 9.73. The highest BCUT2D eigenvalue weighted by atomic mass is 32.2. The number of nitrogens with zero attached hydrogens (tertiary/aromatic N) is 1. The Balaban J connectivity index is 1.62. The lowest BCUT2D eigenvalue weighted by atomic mass is 10.2. The Bertz CT molecular complexity index is 1090. The van der Waals surface area contributed by atoms with Gasteiger partial charge in [0, 0.05) is 10.9 Å². The van der Waals surface area contributed by atoms with Crippen LogP contribution in [0.5, 0.6) is 11.5 Å². The molecule has 0 fully saturated rings. The number of nitrogens with one attached hydrogen (secondary N) is 1. The summed E-state index contributed by atoms with van der Waals surface area (Å²) in [6.07, 6.45) is 0.936. The van der Waals surface area contributed by atoms with Crippen LogP contribution < -0.4 is 14.8 Å². The van der Waals surface area contributed by atoms with Crippen LogP contribution in [0.25, 0.3) is 11.3 Å². The minimum atomic E-state index is -3.77. The normalized spacial score (nSPS) is 11.1. The molecular weight excluding hydrogens is 424 g/mol. The summed E-state index contributed by atoms with van der Waals surface area (Å²) < 4.78 is 35.4. The zero-order valence-electron chi connectivity index (χ0n) is 16.6. The van der Waals surface area contributed by atoms with Crippen LogP contribution in [0, 0.1) is 0 Å². The van der Waals surface area contributed by atoms with Gasteiger partial charge in [-0.3, -0.25) is 4.79 Å². The largest absolute Gasteiger partial charge is 0.497 e. The molecule has 7 nitrogen and oxygen atoms in total. The third kappa shape index (κ3) is 5.58. The van der Waals surface area contributed by atoms with E-state index in [1.54, 1.807) is 5.38 Å². The lowest BCUT2D eigenvalue weighted by molar-refractivity contribution is -0.113. The molecule has 1 amide bonds. The molecule has 0 radical (unpaired) electrons. The van der Waals surface area contributed by atoms with Crippen LogP contribution in [-0.4, -0.2) is 38.8 Å². The first-order chi connectivity index (χ1) is 14.4. The zero-order chi connectivity index (χ0) is 21.6. The summed E-state index contributed by atoms with van der Waals surface area (Å²) in [4.78, 5) is 16.7. The summed E-state index contributed by atoms with van der Waals surface area (Å²) in [6.45, 7) is 2.70. The van der Waals surface area contributed by atoms with Crippen molar-refractivity contribution in [2.75, 3.05) is 24.8 Å². The van der Waals surface area contributed by atoms with Crippen molar-refractivity contribution in [1.82, 2.24) is 4.98 Å². The summed E-state index contributed by atoms with van der Waals surface area (Å²) in [5.41, 5.74) is 1.57. The number of carbonyl (C=O) groups is 1. The molecule has 0 aliphatic carbocycles. The van der Waals surface area contributed by atoms with Gasteiger partial charge in [0.1, 0.15) is 17.3 Å². The molecule has 0 spiro atoms. The Morgan fingerprint density at radius 2 is 1.73 bits per heavy atom. The highest BCUT2D eigenvalue weighted by Crippen LogP contribution is 2.27. The van der Waals surface area contributed by atoms with E-state index in [-0.39, 0.29) is 4.90 Å². The van der Waals surface area contributed by atoms with E-state index in [9.17, 15) is 13.2 Å². The zero-order valence-corrected chi connectivity index (χ0v) is 18.3. The number of aromatic nitrogens is 1. The Hall–Kier alpha value is -2.91. The van der Waals surface area contributed by atoms with Gasteiger partial charge in [0.2, 0.25) is 5.91 Å². The van der Waals surface area contributed by atoms with Crippen molar-refractivity contribution >= 4 is 32.2 Å². The molecule has 0 aliphatic heterocycles. The first-order valence-corrected chi connectivity index (χ1v) is 11.8. The van der Waals surface area contributed by atoms with E-state index in [1.807, 2.05) is 31.2 Å². The van der Waals surface area contributed by atoms with Crippen molar-refractivity contribution in [3.63, 3.8) is 0 Å². The van der Waals surface area contributed by atoms with Gasteiger partial charge in [0.15, 0.2) is 15.0 Å². The second-order valence-electron chi connectivity index (χ2n) is 6.39. The number of methoxy groups -OCH3 is 1. The van der Waals surface area contributed by atoms with Crippen LogP contribution in [0.2, 0.25) is 0 Å². The van der Waals surface area contributed by atoms with Crippen LogP contribution in [-0.2, 0) is 14.6 Å². The maximum absolute atomic E-state index is 12.4. The van der Waals surface area contributed by atoms with Crippen LogP contribution >= 0.6 is 11.3 Å². The Kier molecular flexibility index (Phi) is 7.07. The number of carbonyl (C=O) groups excluding carboxylic acids is 1. The van der Waals surface area contributed by atoms with Gasteiger partial charge in [0.25, 0.3) is 0 Å². The number of benzene rings is 2. The van der Waals surface area contributed by atoms with E-state index >= 15 is 0 Å². The summed E-state index contributed by atoms with van der Waals surface area (Å²) in [7, 11) is -2.27. The first-order valence-electron chi connectivity index (χ1n) is 9.26. The van der Waals surface area contributed by atoms with Crippen LogP contribution in [0.3, 0.4) is 0 Å². The maximum atomic E-state index is 12.4. The van der Waals surface area contributed by atoms with Crippen molar-refractivity contribution in [2.45, 2.75) is 18.2 Å². The number of ether oxygens (including phenoxy) is 2. The van der Waals surface area contributed by atoms with Gasteiger partial charge in [-0.2, -0.15) is 0 Å². The average molecular weight is 447 g/mol. The van der Waals surface area contributed by atoms with Gasteiger partial charge in [0.05, 0.1) is 24.3 Å². The van der Waals surface area contributed by atoms with E-state index in [1.165, 1.54) is 42.7 Å². The molecule has 1 heterocycles. The highest BCUT2D eigenvalue weighted by molar-refractivity contribution is 7.92. The summed E-state index contributed by atoms with van der Waals surface area (Å²) in [5.74, 6) is 0.0133. The van der Waals surface area contributed by atoms with Gasteiger partial charge in [-0.05, 0) is 55.0 Å². The summed E-state index contributed by atoms with van der Waals surface area (Å²) in [6, 6.07) is 13.4. The monoisotopic (exact) mass is 446 g/mol. The minimum absolute atomic E-state index is 0.0589. The molecule has 0 saturated heterocycles. The van der Waals surface area contributed by atoms with Gasteiger partial charge < -0.3 is 14.8 Å². The smallest absolute Gasteiger partial charge is 0.241 e. The minimum Gasteiger partial charge on any atom is -0.497 e. The third-order valence-corrected chi connectivity index (χ3v) is 6.50. The number of anilines is 1. The van der Waals surface area contributed by atoms with E-state index in [0.29, 0.717) is 23.2 Å². The molecule has 158 valence electrons. The fraction of sp³-hybridized carbons (Fsp3) is 0.238. The van der Waals surface area contributed by atoms with Gasteiger partial charge in [-0.1, -0.05) is 6.92 Å². The topological polar surface area (TPSA) is 94.6 Å². The van der Waals surface area contributed by atoms with Crippen molar-refractivity contribution in [3.8, 4) is 22.8 Å². The average Bonchev–Trinajstić information content (AvgIpc) is 3.20. The lowest BCUT2D eigenvalue weighted by Crippen LogP contribution is -2.22. The van der Waals surface area contributed by atoms with Crippen molar-refractivity contribution < 1.29 is 22.7 Å². The molecule has 0 atom stereocenters. The van der Waals surface area contributed by atoms with Gasteiger partial charge >= 0.3 is 0 Å². The molecule has 30 heavy (non-hydrogen) atoms. The van der Waals surface area contributed by atoms with E-state index < -0.39 is 21.5 Å². The Morgan fingerprint density at radius 1 is 1.07 bits per heavy atom. The molecular formula is C21H22N2O5S2. The van der Waals surface area contributed by atoms with Crippen LogP contribution in [0.1, 0.15) is 13.3 Å². The second-order valence-corrected chi connectivity index (χ2v) is 9.24. The predicted octanol–water partition coefficient (Wildman–Crippen LogP) is 4.02. The van der Waals surface area contributed by atoms with Gasteiger partial charge in [-0.15, -0.1) is 11.3 Å². The predicted molar refractivity (Wildman–Crippen MR) is 117 cm³/mol. The third-order valence-electron chi connectivity index (χ3n) is 4.11. The van der Waals surface area contributed by atoms with Crippen LogP contribution in [0.15, 0.2) is 58.8 Å². The molecule has 0 saturated carbocycles. The highest BCUT2D eigenvalue weighted by Gasteiger charge is 2.20. The Labute approximate surface area is 179 Å². The summed E-state index contributed by atoms with van der Waals surface area (Å²) in [5, 5.41) is 4.70. The maximum Gasteiger partial charge on any atom is 0.241 e. The van der Waals surface area contributed by atoms with Crippen LogP contribution in [0.4, 0.5) is 5.13 Å². The molecule has 9 heteroatoms. The van der Waals surface area contributed by atoms with Gasteiger partial charge in [-0.25, -0.2) is 13.4 Å². The molecule has 3 aromatic rings. The van der Waals surface area contributed by atoms with Crippen molar-refractivity contribution in [3.05, 3.63) is 53.9 Å². The summed E-state index contributed by atoms with van der Waals surface area (Å²) >= 11 is 1.23. The van der Waals surface area contributed by atoms with E-state index in [2.05, 4.69) is 10.3 Å². The number of sulfone groups is 1. The van der Waals surface area contributed by atoms with Crippen molar-refractivity contribution in [2.24, 2.45) is 0 Å². The fourth-order valence-electron chi connectivity index (χ4n) is 2.60. The standard InChI is InChI=1S/C21H22N2O5S2/c1-3-12-28-17-6-4-15(5-7-17)19-13-29-21(22-19)23-20(24)14-30(25,26)18-10-8-16(27-2)9-11-18/h4-11,13H,3,12,14H2,1-2H3,(H,22,23,24). The number of rotatable bonds is 9. The van der Waals surface area contributed by atoms with E-state index in [4.69, 9.17) is 9.47 Å². The molecule has 0 aliphatic rings. The molecule has 2 aromatic carbocycles. The molecule has 3 rings (SSSR count). The first kappa shape index (κ1) is 21.8. The van der Waals surface area contributed by atoms with Crippen molar-refractivity contribution in [1.29, 1.82) is 0 Å². The van der Waals surface area contributed by atoms with E-state index in [0.717, 1.165) is 17.7 Å². The molecule has 0 unspecified atom stereocenters. The quantitative estimate of drug-likeness (QED) is 0.533. The Morgan fingerprint density at radius 3 is 2.37 bits per heavy atom. The number of amides is 1. The number of hydrogen-bond donors (Lipinski definition) is 1. The lowest BCUT2D eigenvalue weighted by Gasteiger charge is -2.06. The fourth-order valence-corrected chi connectivity index (χ4v) is 4.47. The molecule has 0 bridgehead atoms. The molecule has 1 N–H and O–H groups in total. The SMILES string of the molecule is CCCOc1ccc(-c2csc(NC(=O)CS(=O)(=O)c3ccc(OC)cc3)n2)cc1. The molecule has 1 aromatic heterocycles.